The van der Waals surface area contributed by atoms with E-state index in [1.807, 2.05) is 86.6 Å². The molecule has 0 aliphatic carbocycles. The maximum absolute atomic E-state index is 12.3. The second kappa shape index (κ2) is 7.53. The monoisotopic (exact) mass is 329 g/mol. The molecule has 0 saturated carbocycles. The molecular weight excluding hydrogens is 310 g/mol. The standard InChI is InChI=1S/C21H19N3O/c1-15-8-9-17(14-16(15)2)21(25)22-18-10-12-20(13-11-18)24-23-19-6-4-3-5-7-19/h3-14H,1-2H3,(H,22,25). The molecule has 4 heteroatoms. The number of amides is 1. The van der Waals surface area contributed by atoms with Crippen molar-refractivity contribution >= 4 is 23.0 Å². The highest BCUT2D eigenvalue weighted by Gasteiger charge is 2.07. The second-order valence-corrected chi connectivity index (χ2v) is 5.84. The summed E-state index contributed by atoms with van der Waals surface area (Å²) in [6.07, 6.45) is 0. The van der Waals surface area contributed by atoms with E-state index in [0.29, 0.717) is 5.56 Å². The van der Waals surface area contributed by atoms with Crippen molar-refractivity contribution in [2.24, 2.45) is 10.2 Å². The minimum atomic E-state index is -0.123. The number of nitrogens with zero attached hydrogens (tertiary/aromatic N) is 2. The van der Waals surface area contributed by atoms with Crippen LogP contribution in [-0.4, -0.2) is 5.91 Å². The predicted octanol–water partition coefficient (Wildman–Crippen LogP) is 5.97. The first-order valence-corrected chi connectivity index (χ1v) is 8.07. The lowest BCUT2D eigenvalue weighted by atomic mass is 10.1. The third kappa shape index (κ3) is 4.38. The number of aryl methyl sites for hydroxylation is 2. The van der Waals surface area contributed by atoms with Gasteiger partial charge in [-0.15, -0.1) is 0 Å². The molecule has 3 aromatic carbocycles. The van der Waals surface area contributed by atoms with Crippen LogP contribution in [0.15, 0.2) is 83.0 Å². The maximum Gasteiger partial charge on any atom is 0.255 e. The van der Waals surface area contributed by atoms with Crippen molar-refractivity contribution in [3.05, 3.63) is 89.5 Å². The van der Waals surface area contributed by atoms with E-state index in [2.05, 4.69) is 15.5 Å². The van der Waals surface area contributed by atoms with Gasteiger partial charge in [0.05, 0.1) is 11.4 Å². The molecule has 3 rings (SSSR count). The van der Waals surface area contributed by atoms with Gasteiger partial charge < -0.3 is 5.32 Å². The Bertz CT molecular complexity index is 900. The molecule has 0 unspecified atom stereocenters. The van der Waals surface area contributed by atoms with Crippen molar-refractivity contribution in [2.45, 2.75) is 13.8 Å². The molecule has 1 N–H and O–H groups in total. The lowest BCUT2D eigenvalue weighted by molar-refractivity contribution is 0.102. The molecule has 0 fully saturated rings. The average molecular weight is 329 g/mol. The van der Waals surface area contributed by atoms with Gasteiger partial charge in [0.25, 0.3) is 5.91 Å². The molecule has 0 spiro atoms. The van der Waals surface area contributed by atoms with Crippen LogP contribution < -0.4 is 5.32 Å². The van der Waals surface area contributed by atoms with Crippen molar-refractivity contribution in [2.75, 3.05) is 5.32 Å². The maximum atomic E-state index is 12.3. The zero-order valence-corrected chi connectivity index (χ0v) is 14.2. The van der Waals surface area contributed by atoms with Gasteiger partial charge >= 0.3 is 0 Å². The summed E-state index contributed by atoms with van der Waals surface area (Å²) >= 11 is 0. The smallest absolute Gasteiger partial charge is 0.255 e. The summed E-state index contributed by atoms with van der Waals surface area (Å²) < 4.78 is 0. The first-order chi connectivity index (χ1) is 12.1. The summed E-state index contributed by atoms with van der Waals surface area (Å²) in [5, 5.41) is 11.3. The molecule has 0 aromatic heterocycles. The summed E-state index contributed by atoms with van der Waals surface area (Å²) in [4.78, 5) is 12.3. The molecule has 3 aromatic rings. The molecule has 0 aliphatic rings. The van der Waals surface area contributed by atoms with E-state index in [1.54, 1.807) is 0 Å². The molecule has 0 heterocycles. The van der Waals surface area contributed by atoms with Crippen molar-refractivity contribution in [3.8, 4) is 0 Å². The number of rotatable bonds is 4. The Morgan fingerprint density at radius 2 is 1.40 bits per heavy atom. The van der Waals surface area contributed by atoms with E-state index in [4.69, 9.17) is 0 Å². The van der Waals surface area contributed by atoms with Crippen LogP contribution in [0.1, 0.15) is 21.5 Å². The van der Waals surface area contributed by atoms with Crippen molar-refractivity contribution in [1.29, 1.82) is 0 Å². The van der Waals surface area contributed by atoms with E-state index in [0.717, 1.165) is 22.6 Å². The highest BCUT2D eigenvalue weighted by molar-refractivity contribution is 6.04. The van der Waals surface area contributed by atoms with Crippen LogP contribution in [0, 0.1) is 13.8 Å². The van der Waals surface area contributed by atoms with Crippen LogP contribution >= 0.6 is 0 Å². The van der Waals surface area contributed by atoms with E-state index < -0.39 is 0 Å². The SMILES string of the molecule is Cc1ccc(C(=O)Nc2ccc(N=Nc3ccccc3)cc2)cc1C. The third-order valence-corrected chi connectivity index (χ3v) is 3.93. The summed E-state index contributed by atoms with van der Waals surface area (Å²) in [5.74, 6) is -0.123. The zero-order chi connectivity index (χ0) is 17.6. The lowest BCUT2D eigenvalue weighted by Gasteiger charge is -2.07. The first kappa shape index (κ1) is 16.6. The molecule has 4 nitrogen and oxygen atoms in total. The molecule has 0 radical (unpaired) electrons. The third-order valence-electron chi connectivity index (χ3n) is 3.93. The normalized spacial score (nSPS) is 10.8. The topological polar surface area (TPSA) is 53.8 Å². The Morgan fingerprint density at radius 1 is 0.760 bits per heavy atom. The Kier molecular flexibility index (Phi) is 5.00. The fraction of sp³-hybridized carbons (Fsp3) is 0.0952. The summed E-state index contributed by atoms with van der Waals surface area (Å²) in [6, 6.07) is 22.5. The Hall–Kier alpha value is -3.27. The molecule has 124 valence electrons. The molecule has 0 bridgehead atoms. The summed E-state index contributed by atoms with van der Waals surface area (Å²) in [6.45, 7) is 4.03. The van der Waals surface area contributed by atoms with Gasteiger partial charge in [-0.2, -0.15) is 10.2 Å². The van der Waals surface area contributed by atoms with Crippen molar-refractivity contribution in [3.63, 3.8) is 0 Å². The van der Waals surface area contributed by atoms with E-state index >= 15 is 0 Å². The highest BCUT2D eigenvalue weighted by Crippen LogP contribution is 2.20. The van der Waals surface area contributed by atoms with Crippen molar-refractivity contribution in [1.82, 2.24) is 0 Å². The van der Waals surface area contributed by atoms with Gasteiger partial charge in [-0.05, 0) is 73.5 Å². The fourth-order valence-corrected chi connectivity index (χ4v) is 2.31. The van der Waals surface area contributed by atoms with Gasteiger partial charge in [0, 0.05) is 11.3 Å². The van der Waals surface area contributed by atoms with Crippen molar-refractivity contribution < 1.29 is 4.79 Å². The average Bonchev–Trinajstić information content (AvgIpc) is 2.64. The van der Waals surface area contributed by atoms with Gasteiger partial charge in [-0.3, -0.25) is 4.79 Å². The number of azo groups is 1. The van der Waals surface area contributed by atoms with Gasteiger partial charge in [0.2, 0.25) is 0 Å². The quantitative estimate of drug-likeness (QED) is 0.589. The van der Waals surface area contributed by atoms with Gasteiger partial charge in [-0.1, -0.05) is 24.3 Å². The van der Waals surface area contributed by atoms with E-state index in [9.17, 15) is 4.79 Å². The van der Waals surface area contributed by atoms with Crippen LogP contribution in [-0.2, 0) is 0 Å². The van der Waals surface area contributed by atoms with Crippen LogP contribution in [0.2, 0.25) is 0 Å². The minimum Gasteiger partial charge on any atom is -0.322 e. The number of hydrogen-bond donors (Lipinski definition) is 1. The number of hydrogen-bond acceptors (Lipinski definition) is 3. The number of anilines is 1. The molecule has 0 aliphatic heterocycles. The minimum absolute atomic E-state index is 0.123. The number of carbonyl (C=O) groups is 1. The van der Waals surface area contributed by atoms with Gasteiger partial charge in [-0.25, -0.2) is 0 Å². The van der Waals surface area contributed by atoms with Crippen LogP contribution in [0.3, 0.4) is 0 Å². The largest absolute Gasteiger partial charge is 0.322 e. The Labute approximate surface area is 147 Å². The van der Waals surface area contributed by atoms with Crippen LogP contribution in [0.5, 0.6) is 0 Å². The number of benzene rings is 3. The Balaban J connectivity index is 1.67. The summed E-state index contributed by atoms with van der Waals surface area (Å²) in [7, 11) is 0. The lowest BCUT2D eigenvalue weighted by Crippen LogP contribution is -2.12. The predicted molar refractivity (Wildman–Crippen MR) is 101 cm³/mol. The molecule has 1 amide bonds. The molecule has 25 heavy (non-hydrogen) atoms. The summed E-state index contributed by atoms with van der Waals surface area (Å²) in [5.41, 5.74) is 5.18. The fourth-order valence-electron chi connectivity index (χ4n) is 2.31. The second-order valence-electron chi connectivity index (χ2n) is 5.84. The molecule has 0 saturated heterocycles. The zero-order valence-electron chi connectivity index (χ0n) is 14.2. The van der Waals surface area contributed by atoms with Gasteiger partial charge in [0.1, 0.15) is 0 Å². The number of nitrogens with one attached hydrogen (secondary N) is 1. The van der Waals surface area contributed by atoms with Gasteiger partial charge in [0.15, 0.2) is 0 Å². The first-order valence-electron chi connectivity index (χ1n) is 8.07. The van der Waals surface area contributed by atoms with E-state index in [1.165, 1.54) is 5.56 Å². The molecule has 0 atom stereocenters. The van der Waals surface area contributed by atoms with Crippen LogP contribution in [0.4, 0.5) is 17.1 Å². The Morgan fingerprint density at radius 3 is 2.04 bits per heavy atom. The van der Waals surface area contributed by atoms with Crippen LogP contribution in [0.25, 0.3) is 0 Å². The van der Waals surface area contributed by atoms with E-state index in [-0.39, 0.29) is 5.91 Å². The molecular formula is C21H19N3O. The highest BCUT2D eigenvalue weighted by atomic mass is 16.1. The number of carbonyl (C=O) groups excluding carboxylic acids is 1.